The number of Topliss-reactive ketones (excluding diaryl/α,β-unsaturated/α-hetero) is 2. The van der Waals surface area contributed by atoms with Gasteiger partial charge < -0.3 is 11.1 Å². The van der Waals surface area contributed by atoms with E-state index in [0.717, 1.165) is 25.7 Å². The van der Waals surface area contributed by atoms with E-state index in [4.69, 9.17) is 5.73 Å². The number of amides is 1. The van der Waals surface area contributed by atoms with Gasteiger partial charge in [-0.25, -0.2) is 0 Å². The molecule has 1 rings (SSSR count). The second-order valence-corrected chi connectivity index (χ2v) is 5.62. The molecule has 1 heterocycles. The van der Waals surface area contributed by atoms with Gasteiger partial charge in [-0.3, -0.25) is 14.4 Å². The second kappa shape index (κ2) is 9.45. The molecule has 5 nitrogen and oxygen atoms in total. The molecule has 0 aromatic heterocycles. The Balaban J connectivity index is 2.15. The van der Waals surface area contributed by atoms with E-state index in [2.05, 4.69) is 11.9 Å². The van der Waals surface area contributed by atoms with Crippen LogP contribution in [0, 0.1) is 5.92 Å². The largest absolute Gasteiger partial charge is 0.349 e. The number of unbranched alkanes of at least 4 members (excludes halogenated alkanes) is 6. The fourth-order valence-electron chi connectivity index (χ4n) is 2.55. The summed E-state index contributed by atoms with van der Waals surface area (Å²) in [6.45, 7) is 3.88. The lowest BCUT2D eigenvalue weighted by atomic mass is 9.87. The van der Waals surface area contributed by atoms with Gasteiger partial charge in [0.1, 0.15) is 5.78 Å². The van der Waals surface area contributed by atoms with Crippen molar-refractivity contribution in [2.45, 2.75) is 57.4 Å². The van der Waals surface area contributed by atoms with Crippen LogP contribution in [0.5, 0.6) is 0 Å². The highest BCUT2D eigenvalue weighted by atomic mass is 16.2. The molecule has 21 heavy (non-hydrogen) atoms. The number of ketones is 2. The Labute approximate surface area is 126 Å². The minimum atomic E-state index is -0.967. The predicted molar refractivity (Wildman–Crippen MR) is 81.6 cm³/mol. The number of nitrogens with one attached hydrogen (secondary N) is 1. The summed E-state index contributed by atoms with van der Waals surface area (Å²) in [7, 11) is 0. The number of hydrogen-bond donors (Lipinski definition) is 2. The monoisotopic (exact) mass is 294 g/mol. The number of allylic oxidation sites excluding steroid dienone is 1. The van der Waals surface area contributed by atoms with Crippen molar-refractivity contribution in [2.24, 2.45) is 11.7 Å². The molecule has 0 spiro atoms. The van der Waals surface area contributed by atoms with Crippen molar-refractivity contribution in [2.75, 3.05) is 6.54 Å². The minimum absolute atomic E-state index is 0.0116. The van der Waals surface area contributed by atoms with Crippen LogP contribution in [0.25, 0.3) is 0 Å². The summed E-state index contributed by atoms with van der Waals surface area (Å²) < 4.78 is 0. The van der Waals surface area contributed by atoms with Crippen LogP contribution in [0.2, 0.25) is 0 Å². The quantitative estimate of drug-likeness (QED) is 0.363. The van der Waals surface area contributed by atoms with E-state index >= 15 is 0 Å². The Bertz CT molecular complexity index is 393. The van der Waals surface area contributed by atoms with E-state index in [9.17, 15) is 14.4 Å². The Morgan fingerprint density at radius 3 is 2.48 bits per heavy atom. The van der Waals surface area contributed by atoms with Gasteiger partial charge in [0, 0.05) is 13.0 Å². The first-order chi connectivity index (χ1) is 10.1. The number of nitrogens with two attached hydrogens (primary N) is 1. The van der Waals surface area contributed by atoms with Crippen LogP contribution in [-0.4, -0.2) is 30.1 Å². The lowest BCUT2D eigenvalue weighted by molar-refractivity contribution is -0.143. The summed E-state index contributed by atoms with van der Waals surface area (Å²) >= 11 is 0. The molecule has 1 fully saturated rings. The van der Waals surface area contributed by atoms with E-state index in [0.29, 0.717) is 6.42 Å². The summed E-state index contributed by atoms with van der Waals surface area (Å²) in [5.41, 5.74) is 5.67. The van der Waals surface area contributed by atoms with Crippen LogP contribution in [0.3, 0.4) is 0 Å². The molecule has 0 aliphatic carbocycles. The molecule has 0 aromatic rings. The van der Waals surface area contributed by atoms with Crippen molar-refractivity contribution >= 4 is 17.5 Å². The number of carbonyl (C=O) groups excluding carboxylic acids is 3. The van der Waals surface area contributed by atoms with Crippen molar-refractivity contribution in [1.29, 1.82) is 0 Å². The minimum Gasteiger partial charge on any atom is -0.349 e. The lowest BCUT2D eigenvalue weighted by Gasteiger charge is -2.26. The SMILES string of the molecule is C=CCCCCCCCCC(=O)C1CNC(=O)C(=O)C1N. The van der Waals surface area contributed by atoms with Gasteiger partial charge in [0.05, 0.1) is 12.0 Å². The molecular weight excluding hydrogens is 268 g/mol. The molecule has 1 aliphatic heterocycles. The number of rotatable bonds is 10. The van der Waals surface area contributed by atoms with Crippen LogP contribution in [0.1, 0.15) is 51.4 Å². The zero-order chi connectivity index (χ0) is 15.7. The third kappa shape index (κ3) is 5.79. The molecule has 3 N–H and O–H groups in total. The normalized spacial score (nSPS) is 22.0. The molecule has 118 valence electrons. The molecule has 0 saturated carbocycles. The zero-order valence-corrected chi connectivity index (χ0v) is 12.6. The Kier molecular flexibility index (Phi) is 7.90. The van der Waals surface area contributed by atoms with Crippen molar-refractivity contribution < 1.29 is 14.4 Å². The fraction of sp³-hybridized carbons (Fsp3) is 0.688. The molecule has 1 amide bonds. The van der Waals surface area contributed by atoms with Crippen molar-refractivity contribution in [1.82, 2.24) is 5.32 Å². The summed E-state index contributed by atoms with van der Waals surface area (Å²) in [4.78, 5) is 34.6. The summed E-state index contributed by atoms with van der Waals surface area (Å²) in [6, 6.07) is -0.967. The highest BCUT2D eigenvalue weighted by Crippen LogP contribution is 2.14. The van der Waals surface area contributed by atoms with E-state index < -0.39 is 23.7 Å². The number of carbonyl (C=O) groups is 3. The maximum atomic E-state index is 12.0. The van der Waals surface area contributed by atoms with Gasteiger partial charge in [0.25, 0.3) is 5.91 Å². The van der Waals surface area contributed by atoms with Crippen molar-refractivity contribution in [3.8, 4) is 0 Å². The molecule has 0 radical (unpaired) electrons. The van der Waals surface area contributed by atoms with Crippen molar-refractivity contribution in [3.63, 3.8) is 0 Å². The molecule has 1 saturated heterocycles. The molecule has 5 heteroatoms. The van der Waals surface area contributed by atoms with Gasteiger partial charge in [-0.1, -0.05) is 31.8 Å². The van der Waals surface area contributed by atoms with Gasteiger partial charge in [-0.15, -0.1) is 6.58 Å². The van der Waals surface area contributed by atoms with Gasteiger partial charge in [-0.05, 0) is 19.3 Å². The Morgan fingerprint density at radius 2 is 1.81 bits per heavy atom. The fourth-order valence-corrected chi connectivity index (χ4v) is 2.55. The smallest absolute Gasteiger partial charge is 0.289 e. The van der Waals surface area contributed by atoms with Crippen LogP contribution in [0.15, 0.2) is 12.7 Å². The van der Waals surface area contributed by atoms with Crippen LogP contribution in [-0.2, 0) is 14.4 Å². The summed E-state index contributed by atoms with van der Waals surface area (Å²) in [5, 5.41) is 2.43. The Hall–Kier alpha value is -1.49. The molecule has 0 aromatic carbocycles. The van der Waals surface area contributed by atoms with Gasteiger partial charge in [0.2, 0.25) is 5.78 Å². The zero-order valence-electron chi connectivity index (χ0n) is 12.6. The lowest BCUT2D eigenvalue weighted by Crippen LogP contribution is -2.57. The summed E-state index contributed by atoms with van der Waals surface area (Å²) in [5.74, 6) is -1.92. The molecule has 1 aliphatic rings. The van der Waals surface area contributed by atoms with Crippen LogP contribution in [0.4, 0.5) is 0 Å². The number of hydrogen-bond acceptors (Lipinski definition) is 4. The Morgan fingerprint density at radius 1 is 1.19 bits per heavy atom. The third-order valence-corrected chi connectivity index (χ3v) is 3.94. The highest BCUT2D eigenvalue weighted by molar-refractivity contribution is 6.39. The molecule has 0 bridgehead atoms. The molecule has 2 atom stereocenters. The van der Waals surface area contributed by atoms with E-state index in [1.807, 2.05) is 6.08 Å². The van der Waals surface area contributed by atoms with Gasteiger partial charge in [0.15, 0.2) is 0 Å². The maximum absolute atomic E-state index is 12.0. The second-order valence-electron chi connectivity index (χ2n) is 5.62. The van der Waals surface area contributed by atoms with Crippen LogP contribution < -0.4 is 11.1 Å². The first-order valence-corrected chi connectivity index (χ1v) is 7.79. The average molecular weight is 294 g/mol. The van der Waals surface area contributed by atoms with E-state index in [1.165, 1.54) is 19.3 Å². The standard InChI is InChI=1S/C16H26N2O3/c1-2-3-4-5-6-7-8-9-10-13(19)12-11-18-16(21)15(20)14(12)17/h2,12,14H,1,3-11,17H2,(H,18,21). The molecular formula is C16H26N2O3. The summed E-state index contributed by atoms with van der Waals surface area (Å²) in [6.07, 6.45) is 9.97. The maximum Gasteiger partial charge on any atom is 0.289 e. The highest BCUT2D eigenvalue weighted by Gasteiger charge is 2.37. The van der Waals surface area contributed by atoms with Gasteiger partial charge >= 0.3 is 0 Å². The van der Waals surface area contributed by atoms with E-state index in [-0.39, 0.29) is 12.3 Å². The predicted octanol–water partition coefficient (Wildman–Crippen LogP) is 1.50. The first-order valence-electron chi connectivity index (χ1n) is 7.79. The molecule has 2 unspecified atom stereocenters. The number of piperidine rings is 1. The topological polar surface area (TPSA) is 89.3 Å². The van der Waals surface area contributed by atoms with Gasteiger partial charge in [-0.2, -0.15) is 0 Å². The first kappa shape index (κ1) is 17.6. The van der Waals surface area contributed by atoms with Crippen LogP contribution >= 0.6 is 0 Å². The average Bonchev–Trinajstić information content (AvgIpc) is 2.47. The third-order valence-electron chi connectivity index (χ3n) is 3.94. The van der Waals surface area contributed by atoms with E-state index in [1.54, 1.807) is 0 Å². The van der Waals surface area contributed by atoms with Crippen molar-refractivity contribution in [3.05, 3.63) is 12.7 Å².